The maximum Gasteiger partial charge on any atom is 0.163 e. The summed E-state index contributed by atoms with van der Waals surface area (Å²) in [6.07, 6.45) is 6.25. The summed E-state index contributed by atoms with van der Waals surface area (Å²) < 4.78 is 22.0. The fraction of sp³-hybridized carbons (Fsp3) is 0.733. The minimum absolute atomic E-state index is 0.00641. The Morgan fingerprint density at radius 1 is 1.55 bits per heavy atom. The fourth-order valence-corrected chi connectivity index (χ4v) is 2.15. The average molecular weight is 311 g/mol. The smallest absolute Gasteiger partial charge is 0.163 e. The van der Waals surface area contributed by atoms with Crippen LogP contribution in [0, 0.1) is 0 Å². The van der Waals surface area contributed by atoms with Crippen molar-refractivity contribution >= 4 is 0 Å². The number of rotatable bonds is 9. The molecule has 0 unspecified atom stereocenters. The van der Waals surface area contributed by atoms with Gasteiger partial charge in [-0.1, -0.05) is 28.9 Å². The zero-order valence-electron chi connectivity index (χ0n) is 13.7. The zero-order chi connectivity index (χ0) is 16.4. The highest BCUT2D eigenvalue weighted by molar-refractivity contribution is 5.18. The first kappa shape index (κ1) is 18.7. The molecule has 0 bridgehead atoms. The van der Waals surface area contributed by atoms with E-state index < -0.39 is 5.79 Å². The van der Waals surface area contributed by atoms with Gasteiger partial charge >= 0.3 is 0 Å². The molecule has 1 aliphatic heterocycles. The summed E-state index contributed by atoms with van der Waals surface area (Å²) in [5, 5.41) is 3.45. The van der Waals surface area contributed by atoms with Gasteiger partial charge < -0.3 is 18.9 Å². The molecule has 22 heavy (non-hydrogen) atoms. The highest BCUT2D eigenvalue weighted by Crippen LogP contribution is 2.26. The highest BCUT2D eigenvalue weighted by Gasteiger charge is 2.33. The van der Waals surface area contributed by atoms with E-state index in [1.807, 2.05) is 32.9 Å². The van der Waals surface area contributed by atoms with E-state index in [1.165, 1.54) is 0 Å². The molecule has 0 aromatic heterocycles. The summed E-state index contributed by atoms with van der Waals surface area (Å²) in [5.41, 5.74) is 9.25. The van der Waals surface area contributed by atoms with E-state index in [-0.39, 0.29) is 19.0 Å². The molecule has 7 nitrogen and oxygen atoms in total. The van der Waals surface area contributed by atoms with E-state index in [0.717, 1.165) is 5.57 Å². The summed E-state index contributed by atoms with van der Waals surface area (Å²) >= 11 is 0. The van der Waals surface area contributed by atoms with Gasteiger partial charge in [-0.3, -0.25) is 0 Å². The van der Waals surface area contributed by atoms with Crippen molar-refractivity contribution in [3.05, 3.63) is 34.2 Å². The highest BCUT2D eigenvalue weighted by atomic mass is 16.7. The molecule has 1 rings (SSSR count). The minimum atomic E-state index is -0.537. The Morgan fingerprint density at radius 2 is 2.32 bits per heavy atom. The molecular formula is C15H25N3O4. The molecule has 7 heteroatoms. The molecule has 0 radical (unpaired) electrons. The molecule has 2 atom stereocenters. The molecule has 0 N–H and O–H groups in total. The van der Waals surface area contributed by atoms with E-state index in [9.17, 15) is 0 Å². The van der Waals surface area contributed by atoms with Gasteiger partial charge in [0.15, 0.2) is 5.79 Å². The number of hydrogen-bond donors (Lipinski definition) is 0. The van der Waals surface area contributed by atoms with Gasteiger partial charge in [-0.25, -0.2) is 0 Å². The second-order valence-electron chi connectivity index (χ2n) is 5.52. The zero-order valence-corrected chi connectivity index (χ0v) is 13.7. The van der Waals surface area contributed by atoms with E-state index in [0.29, 0.717) is 19.6 Å². The Morgan fingerprint density at radius 3 is 2.91 bits per heavy atom. The third-order valence-electron chi connectivity index (χ3n) is 3.04. The van der Waals surface area contributed by atoms with Crippen LogP contribution in [0.5, 0.6) is 0 Å². The topological polar surface area (TPSA) is 85.7 Å². The van der Waals surface area contributed by atoms with Crippen molar-refractivity contribution in [3.8, 4) is 0 Å². The van der Waals surface area contributed by atoms with Crippen LogP contribution in [-0.4, -0.2) is 45.0 Å². The Kier molecular flexibility index (Phi) is 8.16. The van der Waals surface area contributed by atoms with Crippen molar-refractivity contribution in [1.82, 2.24) is 0 Å². The van der Waals surface area contributed by atoms with Crippen molar-refractivity contribution < 1.29 is 18.9 Å². The third-order valence-corrected chi connectivity index (χ3v) is 3.04. The van der Waals surface area contributed by atoms with Crippen LogP contribution in [0.15, 0.2) is 28.9 Å². The van der Waals surface area contributed by atoms with Crippen molar-refractivity contribution in [1.29, 1.82) is 0 Å². The number of ether oxygens (including phenoxy) is 4. The second kappa shape index (κ2) is 9.61. The summed E-state index contributed by atoms with van der Waals surface area (Å²) in [6, 6.07) is 0. The van der Waals surface area contributed by atoms with E-state index in [4.69, 9.17) is 24.5 Å². The van der Waals surface area contributed by atoms with Gasteiger partial charge in [0.1, 0.15) is 6.79 Å². The lowest BCUT2D eigenvalue weighted by atomic mass is 10.1. The molecule has 0 spiro atoms. The van der Waals surface area contributed by atoms with Gasteiger partial charge in [0.25, 0.3) is 0 Å². The summed E-state index contributed by atoms with van der Waals surface area (Å²) in [4.78, 5) is 2.70. The minimum Gasteiger partial charge on any atom is -0.359 e. The monoisotopic (exact) mass is 311 g/mol. The first-order valence-electron chi connectivity index (χ1n) is 7.25. The lowest BCUT2D eigenvalue weighted by molar-refractivity contribution is -0.144. The van der Waals surface area contributed by atoms with Gasteiger partial charge in [-0.2, -0.15) is 0 Å². The Balaban J connectivity index is 2.59. The molecular weight excluding hydrogens is 286 g/mol. The van der Waals surface area contributed by atoms with Crippen LogP contribution >= 0.6 is 0 Å². The normalized spacial score (nSPS) is 22.7. The number of azide groups is 1. The van der Waals surface area contributed by atoms with Crippen LogP contribution in [-0.2, 0) is 18.9 Å². The Bertz CT molecular complexity index is 442. The fourth-order valence-electron chi connectivity index (χ4n) is 2.15. The standard InChI is InChI=1S/C15H25N3O4/c1-12(6-5-7-17-18-16)8-13(20-11-19-4)9-14-10-21-15(2,3)22-14/h5-6,8,13-14H,7,9-11H2,1-4H3/b6-5+,12-8+/t13-,14-/m1/s1. The second-order valence-corrected chi connectivity index (χ2v) is 5.52. The van der Waals surface area contributed by atoms with Gasteiger partial charge in [0, 0.05) is 25.0 Å². The van der Waals surface area contributed by atoms with Crippen molar-refractivity contribution in [2.75, 3.05) is 27.1 Å². The van der Waals surface area contributed by atoms with E-state index >= 15 is 0 Å². The Hall–Kier alpha value is -1.37. The number of nitrogens with zero attached hydrogens (tertiary/aromatic N) is 3. The quantitative estimate of drug-likeness (QED) is 0.215. The predicted octanol–water partition coefficient (Wildman–Crippen LogP) is 3.33. The lowest BCUT2D eigenvalue weighted by Crippen LogP contribution is -2.25. The van der Waals surface area contributed by atoms with Gasteiger partial charge in [0.2, 0.25) is 0 Å². The van der Waals surface area contributed by atoms with Crippen LogP contribution in [0.25, 0.3) is 10.4 Å². The van der Waals surface area contributed by atoms with Gasteiger partial charge in [-0.05, 0) is 26.3 Å². The van der Waals surface area contributed by atoms with E-state index in [1.54, 1.807) is 13.2 Å². The largest absolute Gasteiger partial charge is 0.359 e. The number of methoxy groups -OCH3 is 1. The van der Waals surface area contributed by atoms with Crippen molar-refractivity contribution in [2.24, 2.45) is 5.11 Å². The SMILES string of the molecule is COCO[C@H](/C=C(C)/C=C/CN=[N+]=[N-])C[C@@H]1COC(C)(C)O1. The lowest BCUT2D eigenvalue weighted by Gasteiger charge is -2.20. The van der Waals surface area contributed by atoms with Crippen LogP contribution < -0.4 is 0 Å². The molecule has 1 heterocycles. The predicted molar refractivity (Wildman–Crippen MR) is 83.2 cm³/mol. The van der Waals surface area contributed by atoms with Gasteiger partial charge in [0.05, 0.1) is 18.8 Å². The molecule has 0 amide bonds. The molecule has 1 aliphatic rings. The van der Waals surface area contributed by atoms with Crippen LogP contribution in [0.1, 0.15) is 27.2 Å². The molecule has 0 aromatic carbocycles. The Labute approximate surface area is 131 Å². The molecule has 1 saturated heterocycles. The summed E-state index contributed by atoms with van der Waals surface area (Å²) in [5.74, 6) is -0.537. The van der Waals surface area contributed by atoms with Gasteiger partial charge in [-0.15, -0.1) is 0 Å². The summed E-state index contributed by atoms with van der Waals surface area (Å²) in [6.45, 7) is 6.87. The van der Waals surface area contributed by atoms with Crippen molar-refractivity contribution in [3.63, 3.8) is 0 Å². The summed E-state index contributed by atoms with van der Waals surface area (Å²) in [7, 11) is 1.59. The maximum atomic E-state index is 8.23. The molecule has 1 fully saturated rings. The first-order chi connectivity index (χ1) is 10.5. The first-order valence-corrected chi connectivity index (χ1v) is 7.25. The molecule has 124 valence electrons. The van der Waals surface area contributed by atoms with Crippen molar-refractivity contribution in [2.45, 2.75) is 45.2 Å². The molecule has 0 aliphatic carbocycles. The van der Waals surface area contributed by atoms with Crippen LogP contribution in [0.3, 0.4) is 0 Å². The molecule has 0 aromatic rings. The number of allylic oxidation sites excluding steroid dienone is 2. The number of hydrogen-bond acceptors (Lipinski definition) is 5. The van der Waals surface area contributed by atoms with Crippen LogP contribution in [0.2, 0.25) is 0 Å². The molecule has 0 saturated carbocycles. The average Bonchev–Trinajstić information content (AvgIpc) is 2.80. The maximum absolute atomic E-state index is 8.23. The third kappa shape index (κ3) is 7.59. The van der Waals surface area contributed by atoms with E-state index in [2.05, 4.69) is 10.0 Å². The van der Waals surface area contributed by atoms with Crippen LogP contribution in [0.4, 0.5) is 0 Å².